The van der Waals surface area contributed by atoms with Crippen molar-refractivity contribution in [2.24, 2.45) is 0 Å². The number of amides is 1. The molecule has 6 nitrogen and oxygen atoms in total. The van der Waals surface area contributed by atoms with Crippen LogP contribution in [0.5, 0.6) is 17.2 Å². The fraction of sp³-hybridized carbons (Fsp3) is 0.333. The van der Waals surface area contributed by atoms with Gasteiger partial charge >= 0.3 is 0 Å². The number of methoxy groups -OCH3 is 3. The minimum absolute atomic E-state index is 0.0200. The highest BCUT2D eigenvalue weighted by molar-refractivity contribution is 6.07. The molecule has 1 atom stereocenters. The van der Waals surface area contributed by atoms with E-state index in [1.165, 1.54) is 0 Å². The van der Waals surface area contributed by atoms with Crippen molar-refractivity contribution < 1.29 is 23.8 Å². The van der Waals surface area contributed by atoms with Crippen molar-refractivity contribution in [3.05, 3.63) is 59.3 Å². The summed E-state index contributed by atoms with van der Waals surface area (Å²) in [7, 11) is 4.66. The minimum atomic E-state index is -0.339. The van der Waals surface area contributed by atoms with Crippen molar-refractivity contribution in [2.75, 3.05) is 26.2 Å². The van der Waals surface area contributed by atoms with Crippen LogP contribution in [0.15, 0.2) is 53.7 Å². The Kier molecular flexibility index (Phi) is 5.48. The third-order valence-electron chi connectivity index (χ3n) is 5.78. The number of para-hydroxylation sites is 1. The Morgan fingerprint density at radius 2 is 1.57 bits per heavy atom. The van der Waals surface area contributed by atoms with Crippen LogP contribution < -0.4 is 19.1 Å². The lowest BCUT2D eigenvalue weighted by Crippen LogP contribution is -2.40. The molecule has 4 rings (SSSR count). The smallest absolute Gasteiger partial charge is 0.232 e. The van der Waals surface area contributed by atoms with E-state index in [9.17, 15) is 9.59 Å². The number of benzene rings is 2. The maximum Gasteiger partial charge on any atom is 0.232 e. The highest BCUT2D eigenvalue weighted by Gasteiger charge is 2.40. The van der Waals surface area contributed by atoms with Crippen LogP contribution in [0.3, 0.4) is 0 Å². The van der Waals surface area contributed by atoms with Crippen LogP contribution in [0, 0.1) is 0 Å². The summed E-state index contributed by atoms with van der Waals surface area (Å²) >= 11 is 0. The molecule has 1 aliphatic heterocycles. The summed E-state index contributed by atoms with van der Waals surface area (Å²) in [6.45, 7) is 0. The normalized spacial score (nSPS) is 18.9. The molecule has 1 amide bonds. The summed E-state index contributed by atoms with van der Waals surface area (Å²) in [5, 5.41) is 0. The van der Waals surface area contributed by atoms with Crippen LogP contribution in [0.4, 0.5) is 5.69 Å². The van der Waals surface area contributed by atoms with E-state index in [2.05, 4.69) is 0 Å². The number of allylic oxidation sites excluding steroid dienone is 2. The standard InChI is InChI=1S/C24H25NO5/c1-28-20-12-15(13-21(29-2)24(20)30-3)17-14-22(27)25(16-8-5-4-6-9-16)18-10-7-11-19(26)23(17)18/h4-6,8-9,12-13,17H,7,10-11,14H2,1-3H3. The average Bonchev–Trinajstić information content (AvgIpc) is 2.78. The van der Waals surface area contributed by atoms with Gasteiger partial charge in [-0.2, -0.15) is 0 Å². The van der Waals surface area contributed by atoms with Gasteiger partial charge in [-0.05, 0) is 42.7 Å². The summed E-state index contributed by atoms with van der Waals surface area (Å²) < 4.78 is 16.4. The first-order valence-electron chi connectivity index (χ1n) is 10.0. The van der Waals surface area contributed by atoms with Crippen molar-refractivity contribution in [3.8, 4) is 17.2 Å². The maximum atomic E-state index is 13.3. The van der Waals surface area contributed by atoms with Crippen molar-refractivity contribution in [1.29, 1.82) is 0 Å². The quantitative estimate of drug-likeness (QED) is 0.742. The molecule has 0 aromatic heterocycles. The van der Waals surface area contributed by atoms with E-state index in [0.29, 0.717) is 30.1 Å². The molecule has 0 fully saturated rings. The molecule has 2 aliphatic rings. The molecule has 0 saturated heterocycles. The van der Waals surface area contributed by atoms with Crippen LogP contribution in [0.2, 0.25) is 0 Å². The molecule has 2 aromatic carbocycles. The topological polar surface area (TPSA) is 65.1 Å². The highest BCUT2D eigenvalue weighted by Crippen LogP contribution is 2.47. The van der Waals surface area contributed by atoms with E-state index in [-0.39, 0.29) is 24.0 Å². The van der Waals surface area contributed by atoms with Crippen LogP contribution in [0.25, 0.3) is 0 Å². The van der Waals surface area contributed by atoms with Crippen molar-refractivity contribution in [1.82, 2.24) is 0 Å². The van der Waals surface area contributed by atoms with Gasteiger partial charge in [0.2, 0.25) is 11.7 Å². The molecule has 6 heteroatoms. The third-order valence-corrected chi connectivity index (χ3v) is 5.78. The molecule has 0 bridgehead atoms. The number of nitrogens with zero attached hydrogens (tertiary/aromatic N) is 1. The van der Waals surface area contributed by atoms with E-state index in [1.807, 2.05) is 42.5 Å². The van der Waals surface area contributed by atoms with Gasteiger partial charge in [0.25, 0.3) is 0 Å². The first kappa shape index (κ1) is 20.0. The number of ketones is 1. The van der Waals surface area contributed by atoms with Gasteiger partial charge in [-0.15, -0.1) is 0 Å². The Morgan fingerprint density at radius 1 is 0.900 bits per heavy atom. The lowest BCUT2D eigenvalue weighted by atomic mass is 9.77. The molecule has 156 valence electrons. The van der Waals surface area contributed by atoms with Gasteiger partial charge in [-0.25, -0.2) is 0 Å². The number of carbonyl (C=O) groups is 2. The molecule has 0 radical (unpaired) electrons. The number of ether oxygens (including phenoxy) is 3. The van der Waals surface area contributed by atoms with Gasteiger partial charge in [-0.1, -0.05) is 18.2 Å². The molecule has 0 N–H and O–H groups in total. The average molecular weight is 407 g/mol. The summed E-state index contributed by atoms with van der Waals surface area (Å²) in [6.07, 6.45) is 2.15. The summed E-state index contributed by atoms with van der Waals surface area (Å²) in [6, 6.07) is 13.2. The Hall–Kier alpha value is -3.28. The van der Waals surface area contributed by atoms with Crippen LogP contribution in [0.1, 0.15) is 37.2 Å². The van der Waals surface area contributed by atoms with Gasteiger partial charge in [0.15, 0.2) is 17.3 Å². The zero-order valence-corrected chi connectivity index (χ0v) is 17.4. The molecule has 1 aliphatic carbocycles. The monoisotopic (exact) mass is 407 g/mol. The molecular formula is C24H25NO5. The molecule has 30 heavy (non-hydrogen) atoms. The predicted octanol–water partition coefficient (Wildman–Crippen LogP) is 4.24. The van der Waals surface area contributed by atoms with E-state index in [0.717, 1.165) is 28.9 Å². The fourth-order valence-corrected chi connectivity index (χ4v) is 4.46. The fourth-order valence-electron chi connectivity index (χ4n) is 4.46. The zero-order valence-electron chi connectivity index (χ0n) is 17.4. The summed E-state index contributed by atoms with van der Waals surface area (Å²) in [4.78, 5) is 28.0. The molecule has 2 aromatic rings. The van der Waals surface area contributed by atoms with Gasteiger partial charge in [0.1, 0.15) is 0 Å². The first-order chi connectivity index (χ1) is 14.6. The van der Waals surface area contributed by atoms with Crippen LogP contribution >= 0.6 is 0 Å². The second-order valence-corrected chi connectivity index (χ2v) is 7.42. The number of rotatable bonds is 5. The largest absolute Gasteiger partial charge is 0.493 e. The number of Topliss-reactive ketones (excluding diaryl/α,β-unsaturated/α-hetero) is 1. The second kappa shape index (κ2) is 8.22. The maximum absolute atomic E-state index is 13.3. The third kappa shape index (κ3) is 3.32. The lowest BCUT2D eigenvalue weighted by Gasteiger charge is -2.38. The minimum Gasteiger partial charge on any atom is -0.493 e. The van der Waals surface area contributed by atoms with Crippen LogP contribution in [-0.4, -0.2) is 33.0 Å². The summed E-state index contributed by atoms with van der Waals surface area (Å²) in [5.74, 6) is 1.25. The van der Waals surface area contributed by atoms with Crippen molar-refractivity contribution >= 4 is 17.4 Å². The lowest BCUT2D eigenvalue weighted by molar-refractivity contribution is -0.119. The zero-order chi connectivity index (χ0) is 21.3. The Labute approximate surface area is 176 Å². The number of hydrogen-bond acceptors (Lipinski definition) is 5. The van der Waals surface area contributed by atoms with E-state index in [4.69, 9.17) is 14.2 Å². The number of hydrogen-bond donors (Lipinski definition) is 0. The second-order valence-electron chi connectivity index (χ2n) is 7.42. The first-order valence-corrected chi connectivity index (χ1v) is 10.0. The Bertz CT molecular complexity index is 987. The predicted molar refractivity (Wildman–Crippen MR) is 113 cm³/mol. The SMILES string of the molecule is COc1cc(C2CC(=O)N(c3ccccc3)C3=C2C(=O)CCC3)cc(OC)c1OC. The van der Waals surface area contributed by atoms with Gasteiger partial charge in [0, 0.05) is 35.7 Å². The molecular weight excluding hydrogens is 382 g/mol. The Morgan fingerprint density at radius 3 is 2.17 bits per heavy atom. The van der Waals surface area contributed by atoms with E-state index >= 15 is 0 Å². The molecule has 0 saturated carbocycles. The van der Waals surface area contributed by atoms with Gasteiger partial charge in [-0.3, -0.25) is 14.5 Å². The van der Waals surface area contributed by atoms with Crippen LogP contribution in [-0.2, 0) is 9.59 Å². The molecule has 1 heterocycles. The van der Waals surface area contributed by atoms with Gasteiger partial charge < -0.3 is 14.2 Å². The number of anilines is 1. The molecule has 0 spiro atoms. The van der Waals surface area contributed by atoms with E-state index in [1.54, 1.807) is 26.2 Å². The summed E-state index contributed by atoms with van der Waals surface area (Å²) in [5.41, 5.74) is 3.15. The van der Waals surface area contributed by atoms with Crippen molar-refractivity contribution in [3.63, 3.8) is 0 Å². The Balaban J connectivity index is 1.88. The highest BCUT2D eigenvalue weighted by atomic mass is 16.5. The number of carbonyl (C=O) groups excluding carboxylic acids is 2. The molecule has 1 unspecified atom stereocenters. The van der Waals surface area contributed by atoms with Gasteiger partial charge in [0.05, 0.1) is 21.3 Å². The van der Waals surface area contributed by atoms with Crippen molar-refractivity contribution in [2.45, 2.75) is 31.6 Å². The van der Waals surface area contributed by atoms with E-state index < -0.39 is 0 Å².